The monoisotopic (exact) mass is 349 g/mol. The Bertz CT molecular complexity index is 623. The van der Waals surface area contributed by atoms with E-state index >= 15 is 0 Å². The highest BCUT2D eigenvalue weighted by molar-refractivity contribution is 8.01. The van der Waals surface area contributed by atoms with Gasteiger partial charge in [-0.3, -0.25) is 4.90 Å². The van der Waals surface area contributed by atoms with Crippen LogP contribution in [0.25, 0.3) is 0 Å². The zero-order chi connectivity index (χ0) is 15.6. The van der Waals surface area contributed by atoms with E-state index in [4.69, 9.17) is 5.11 Å². The van der Waals surface area contributed by atoms with Crippen LogP contribution in [0.3, 0.4) is 0 Å². The van der Waals surface area contributed by atoms with Crippen molar-refractivity contribution in [2.45, 2.75) is 25.8 Å². The van der Waals surface area contributed by atoms with Crippen molar-refractivity contribution in [2.24, 2.45) is 0 Å². The van der Waals surface area contributed by atoms with Crippen molar-refractivity contribution in [3.05, 3.63) is 21.4 Å². The Morgan fingerprint density at radius 2 is 2.24 bits per heavy atom. The first-order valence-corrected chi connectivity index (χ1v) is 10.4. The number of thiophene rings is 1. The van der Waals surface area contributed by atoms with E-state index in [1.54, 1.807) is 24.8 Å². The van der Waals surface area contributed by atoms with Gasteiger partial charge in [0.1, 0.15) is 10.3 Å². The van der Waals surface area contributed by atoms with Gasteiger partial charge in [-0.05, 0) is 18.6 Å². The summed E-state index contributed by atoms with van der Waals surface area (Å²) in [5.74, 6) is 0.703. The molecule has 8 heteroatoms. The molecule has 1 aromatic rings. The fourth-order valence-electron chi connectivity index (χ4n) is 2.32. The van der Waals surface area contributed by atoms with Crippen LogP contribution in [0.15, 0.2) is 6.07 Å². The number of aromatic carboxylic acids is 1. The van der Waals surface area contributed by atoms with E-state index < -0.39 is 21.2 Å². The van der Waals surface area contributed by atoms with Gasteiger partial charge in [-0.2, -0.15) is 11.8 Å². The summed E-state index contributed by atoms with van der Waals surface area (Å²) in [4.78, 5) is 14.2. The summed E-state index contributed by atoms with van der Waals surface area (Å²) in [6.07, 6.45) is 0. The smallest absolute Gasteiger partial charge is 0.345 e. The van der Waals surface area contributed by atoms with Crippen molar-refractivity contribution >= 4 is 38.9 Å². The number of hydrogen-bond donors (Lipinski definition) is 1. The van der Waals surface area contributed by atoms with Gasteiger partial charge in [0.05, 0.1) is 0 Å². The number of sulfone groups is 1. The fraction of sp³-hybridized carbons (Fsp3) is 0.615. The lowest BCUT2D eigenvalue weighted by Crippen LogP contribution is -2.47. The molecule has 0 spiro atoms. The fourth-order valence-corrected chi connectivity index (χ4v) is 6.27. The van der Waals surface area contributed by atoms with E-state index in [1.807, 2.05) is 11.8 Å². The third-order valence-electron chi connectivity index (χ3n) is 3.61. The zero-order valence-corrected chi connectivity index (χ0v) is 14.5. The number of carboxylic acid groups (broad SMARTS) is 1. The molecule has 21 heavy (non-hydrogen) atoms. The zero-order valence-electron chi connectivity index (χ0n) is 12.0. The number of nitrogens with zero attached hydrogens (tertiary/aromatic N) is 1. The minimum atomic E-state index is -3.12. The molecule has 0 amide bonds. The lowest BCUT2D eigenvalue weighted by molar-refractivity contribution is 0.0702. The van der Waals surface area contributed by atoms with Crippen LogP contribution in [-0.2, 0) is 16.4 Å². The summed E-state index contributed by atoms with van der Waals surface area (Å²) < 4.78 is 24.4. The second-order valence-electron chi connectivity index (χ2n) is 4.95. The number of aryl methyl sites for hydroxylation is 1. The van der Waals surface area contributed by atoms with Crippen LogP contribution in [0, 0.1) is 6.92 Å². The van der Waals surface area contributed by atoms with Crippen molar-refractivity contribution in [1.29, 1.82) is 0 Å². The van der Waals surface area contributed by atoms with Gasteiger partial charge in [0.25, 0.3) is 0 Å². The molecule has 1 fully saturated rings. The molecule has 1 atom stereocenters. The van der Waals surface area contributed by atoms with Crippen LogP contribution >= 0.6 is 23.1 Å². The molecule has 1 aliphatic rings. The second kappa shape index (κ2) is 6.68. The van der Waals surface area contributed by atoms with Crippen molar-refractivity contribution in [1.82, 2.24) is 4.90 Å². The van der Waals surface area contributed by atoms with Gasteiger partial charge < -0.3 is 5.11 Å². The van der Waals surface area contributed by atoms with Crippen LogP contribution in [0.4, 0.5) is 0 Å². The van der Waals surface area contributed by atoms with E-state index in [9.17, 15) is 13.2 Å². The standard InChI is InChI=1S/C13H19NO4S3/c1-3-21(17,18)12-8-19-5-4-14(12)7-10-6-11(13(15)16)20-9(10)2/h6,12H,3-5,7-8H2,1-2H3,(H,15,16). The normalized spacial score (nSPS) is 20.6. The van der Waals surface area contributed by atoms with Gasteiger partial charge in [0.2, 0.25) is 0 Å². The lowest BCUT2D eigenvalue weighted by Gasteiger charge is -2.34. The predicted molar refractivity (Wildman–Crippen MR) is 87.0 cm³/mol. The Morgan fingerprint density at radius 3 is 2.81 bits per heavy atom. The molecule has 1 aromatic heterocycles. The third-order valence-corrected chi connectivity index (χ3v) is 8.03. The van der Waals surface area contributed by atoms with E-state index in [2.05, 4.69) is 0 Å². The molecule has 2 rings (SSSR count). The second-order valence-corrected chi connectivity index (χ2v) is 9.80. The number of carbonyl (C=O) groups is 1. The predicted octanol–water partition coefficient (Wildman–Crippen LogP) is 2.06. The molecule has 0 aliphatic carbocycles. The number of thioether (sulfide) groups is 1. The topological polar surface area (TPSA) is 74.7 Å². The van der Waals surface area contributed by atoms with Gasteiger partial charge >= 0.3 is 5.97 Å². The maximum atomic E-state index is 12.2. The Labute approximate surface area is 133 Å². The van der Waals surface area contributed by atoms with E-state index in [-0.39, 0.29) is 5.75 Å². The Balaban J connectivity index is 2.22. The SMILES string of the molecule is CCS(=O)(=O)C1CSCCN1Cc1cc(C(=O)O)sc1C. The molecular formula is C13H19NO4S3. The molecule has 118 valence electrons. The molecular weight excluding hydrogens is 330 g/mol. The van der Waals surface area contributed by atoms with Crippen LogP contribution in [0.2, 0.25) is 0 Å². The highest BCUT2D eigenvalue weighted by atomic mass is 32.2. The van der Waals surface area contributed by atoms with Gasteiger partial charge in [0, 0.05) is 35.2 Å². The van der Waals surface area contributed by atoms with Crippen LogP contribution in [0.5, 0.6) is 0 Å². The summed E-state index contributed by atoms with van der Waals surface area (Å²) in [7, 11) is -3.12. The molecule has 0 aromatic carbocycles. The first-order valence-electron chi connectivity index (χ1n) is 6.71. The van der Waals surface area contributed by atoms with Gasteiger partial charge in [0.15, 0.2) is 9.84 Å². The van der Waals surface area contributed by atoms with E-state index in [0.717, 1.165) is 16.2 Å². The molecule has 1 aliphatic heterocycles. The van der Waals surface area contributed by atoms with Crippen molar-refractivity contribution in [3.63, 3.8) is 0 Å². The molecule has 0 saturated carbocycles. The van der Waals surface area contributed by atoms with Crippen molar-refractivity contribution in [3.8, 4) is 0 Å². The maximum absolute atomic E-state index is 12.2. The van der Waals surface area contributed by atoms with Gasteiger partial charge in [-0.1, -0.05) is 6.92 Å². The van der Waals surface area contributed by atoms with Crippen LogP contribution in [-0.4, -0.2) is 53.6 Å². The Kier molecular flexibility index (Phi) is 5.34. The average Bonchev–Trinajstić information content (AvgIpc) is 2.81. The molecule has 2 heterocycles. The first-order chi connectivity index (χ1) is 9.85. The number of rotatable bonds is 5. The Hall–Kier alpha value is -0.570. The molecule has 0 bridgehead atoms. The quantitative estimate of drug-likeness (QED) is 0.877. The van der Waals surface area contributed by atoms with Crippen LogP contribution < -0.4 is 0 Å². The highest BCUT2D eigenvalue weighted by Crippen LogP contribution is 2.27. The molecule has 5 nitrogen and oxygen atoms in total. The Morgan fingerprint density at radius 1 is 1.52 bits per heavy atom. The number of carboxylic acids is 1. The minimum absolute atomic E-state index is 0.137. The van der Waals surface area contributed by atoms with Crippen molar-refractivity contribution < 1.29 is 18.3 Å². The molecule has 1 saturated heterocycles. The van der Waals surface area contributed by atoms with Gasteiger partial charge in [-0.25, -0.2) is 13.2 Å². The summed E-state index contributed by atoms with van der Waals surface area (Å²) in [6.45, 7) is 4.77. The average molecular weight is 349 g/mol. The molecule has 1 unspecified atom stereocenters. The van der Waals surface area contributed by atoms with Crippen LogP contribution in [0.1, 0.15) is 27.0 Å². The highest BCUT2D eigenvalue weighted by Gasteiger charge is 2.33. The molecule has 1 N–H and O–H groups in total. The summed E-state index contributed by atoms with van der Waals surface area (Å²) in [6, 6.07) is 1.67. The first kappa shape index (κ1) is 16.8. The van der Waals surface area contributed by atoms with E-state index in [0.29, 0.717) is 23.7 Å². The summed E-state index contributed by atoms with van der Waals surface area (Å²) in [5.41, 5.74) is 0.917. The molecule has 0 radical (unpaired) electrons. The van der Waals surface area contributed by atoms with E-state index in [1.165, 1.54) is 11.3 Å². The summed E-state index contributed by atoms with van der Waals surface area (Å²) >= 11 is 2.91. The minimum Gasteiger partial charge on any atom is -0.477 e. The third kappa shape index (κ3) is 3.80. The van der Waals surface area contributed by atoms with Crippen molar-refractivity contribution in [2.75, 3.05) is 23.8 Å². The number of hydrogen-bond acceptors (Lipinski definition) is 6. The lowest BCUT2D eigenvalue weighted by atomic mass is 10.2. The maximum Gasteiger partial charge on any atom is 0.345 e. The summed E-state index contributed by atoms with van der Waals surface area (Å²) in [5, 5.41) is 8.58. The van der Waals surface area contributed by atoms with Gasteiger partial charge in [-0.15, -0.1) is 11.3 Å². The largest absolute Gasteiger partial charge is 0.477 e.